The number of rotatable bonds is 5. The van der Waals surface area contributed by atoms with E-state index in [0.29, 0.717) is 18.8 Å². The van der Waals surface area contributed by atoms with Gasteiger partial charge in [0.25, 0.3) is 5.91 Å². The SMILES string of the molecule is CCNC(=O)c1cc(=O)c(OCc2ccccc2)cn1C. The summed E-state index contributed by atoms with van der Waals surface area (Å²) in [6, 6.07) is 10.9. The number of ether oxygens (including phenoxy) is 1. The van der Waals surface area contributed by atoms with Crippen molar-refractivity contribution in [2.75, 3.05) is 6.54 Å². The normalized spacial score (nSPS) is 10.2. The van der Waals surface area contributed by atoms with Gasteiger partial charge in [0.1, 0.15) is 12.3 Å². The average molecular weight is 286 g/mol. The Balaban J connectivity index is 2.17. The van der Waals surface area contributed by atoms with Crippen LogP contribution in [-0.4, -0.2) is 17.0 Å². The Morgan fingerprint density at radius 1 is 1.29 bits per heavy atom. The van der Waals surface area contributed by atoms with Crippen LogP contribution in [0.5, 0.6) is 5.75 Å². The van der Waals surface area contributed by atoms with Gasteiger partial charge in [-0.15, -0.1) is 0 Å². The zero-order chi connectivity index (χ0) is 15.2. The highest BCUT2D eigenvalue weighted by atomic mass is 16.5. The van der Waals surface area contributed by atoms with Crippen LogP contribution < -0.4 is 15.5 Å². The van der Waals surface area contributed by atoms with Crippen molar-refractivity contribution >= 4 is 5.91 Å². The van der Waals surface area contributed by atoms with E-state index in [1.807, 2.05) is 37.3 Å². The minimum Gasteiger partial charge on any atom is -0.483 e. The van der Waals surface area contributed by atoms with Gasteiger partial charge in [-0.2, -0.15) is 0 Å². The summed E-state index contributed by atoms with van der Waals surface area (Å²) in [5.74, 6) is -0.0406. The van der Waals surface area contributed by atoms with E-state index in [0.717, 1.165) is 5.56 Å². The maximum absolute atomic E-state index is 12.0. The van der Waals surface area contributed by atoms with Crippen LogP contribution in [0.15, 0.2) is 47.4 Å². The van der Waals surface area contributed by atoms with Gasteiger partial charge in [-0.1, -0.05) is 30.3 Å². The predicted molar refractivity (Wildman–Crippen MR) is 80.5 cm³/mol. The van der Waals surface area contributed by atoms with Gasteiger partial charge in [0, 0.05) is 19.7 Å². The first kappa shape index (κ1) is 14.8. The molecule has 5 heteroatoms. The molecule has 0 saturated carbocycles. The van der Waals surface area contributed by atoms with Gasteiger partial charge in [0.2, 0.25) is 5.43 Å². The van der Waals surface area contributed by atoms with E-state index >= 15 is 0 Å². The zero-order valence-electron chi connectivity index (χ0n) is 12.1. The zero-order valence-corrected chi connectivity index (χ0v) is 12.1. The highest BCUT2D eigenvalue weighted by molar-refractivity contribution is 5.92. The van der Waals surface area contributed by atoms with Crippen molar-refractivity contribution in [3.05, 3.63) is 64.1 Å². The van der Waals surface area contributed by atoms with Crippen molar-refractivity contribution in [3.63, 3.8) is 0 Å². The molecule has 0 radical (unpaired) electrons. The molecule has 0 aliphatic rings. The molecule has 0 fully saturated rings. The van der Waals surface area contributed by atoms with Crippen LogP contribution >= 0.6 is 0 Å². The molecule has 1 aromatic heterocycles. The number of hydrogen-bond acceptors (Lipinski definition) is 3. The van der Waals surface area contributed by atoms with E-state index in [2.05, 4.69) is 5.32 Å². The number of amides is 1. The highest BCUT2D eigenvalue weighted by Crippen LogP contribution is 2.09. The molecule has 0 spiro atoms. The molecule has 0 atom stereocenters. The van der Waals surface area contributed by atoms with E-state index in [4.69, 9.17) is 4.74 Å². The second-order valence-electron chi connectivity index (χ2n) is 4.63. The largest absolute Gasteiger partial charge is 0.483 e. The van der Waals surface area contributed by atoms with Crippen LogP contribution in [-0.2, 0) is 13.7 Å². The van der Waals surface area contributed by atoms with E-state index in [1.54, 1.807) is 11.6 Å². The van der Waals surface area contributed by atoms with Crippen molar-refractivity contribution in [1.82, 2.24) is 9.88 Å². The Morgan fingerprint density at radius 2 is 2.00 bits per heavy atom. The van der Waals surface area contributed by atoms with Crippen LogP contribution in [0, 0.1) is 0 Å². The van der Waals surface area contributed by atoms with Crippen LogP contribution in [0.3, 0.4) is 0 Å². The summed E-state index contributed by atoms with van der Waals surface area (Å²) in [6.45, 7) is 2.66. The summed E-state index contributed by atoms with van der Waals surface area (Å²) in [5, 5.41) is 2.67. The number of aromatic nitrogens is 1. The third-order valence-corrected chi connectivity index (χ3v) is 3.01. The Kier molecular flexibility index (Phi) is 4.77. The number of benzene rings is 1. The minimum absolute atomic E-state index is 0.231. The summed E-state index contributed by atoms with van der Waals surface area (Å²) >= 11 is 0. The molecule has 2 aromatic rings. The fourth-order valence-corrected chi connectivity index (χ4v) is 1.93. The lowest BCUT2D eigenvalue weighted by atomic mass is 10.2. The van der Waals surface area contributed by atoms with Gasteiger partial charge in [0.15, 0.2) is 5.75 Å². The van der Waals surface area contributed by atoms with E-state index in [9.17, 15) is 9.59 Å². The van der Waals surface area contributed by atoms with Crippen molar-refractivity contribution < 1.29 is 9.53 Å². The molecule has 0 aliphatic carbocycles. The summed E-state index contributed by atoms with van der Waals surface area (Å²) in [7, 11) is 1.71. The maximum atomic E-state index is 12.0. The Morgan fingerprint density at radius 3 is 2.67 bits per heavy atom. The lowest BCUT2D eigenvalue weighted by Crippen LogP contribution is -2.27. The molecule has 0 bridgehead atoms. The number of nitrogens with zero attached hydrogens (tertiary/aromatic N) is 1. The molecule has 1 heterocycles. The smallest absolute Gasteiger partial charge is 0.268 e. The standard InChI is InChI=1S/C16H18N2O3/c1-3-17-16(20)13-9-14(19)15(10-18(13)2)21-11-12-7-5-4-6-8-12/h4-10H,3,11H2,1-2H3,(H,17,20). The lowest BCUT2D eigenvalue weighted by molar-refractivity contribution is 0.0946. The molecule has 1 N–H and O–H groups in total. The van der Waals surface area contributed by atoms with Crippen LogP contribution in [0.2, 0.25) is 0 Å². The number of hydrogen-bond donors (Lipinski definition) is 1. The third kappa shape index (κ3) is 3.72. The Hall–Kier alpha value is -2.56. The van der Waals surface area contributed by atoms with Crippen molar-refractivity contribution in [2.45, 2.75) is 13.5 Å². The summed E-state index contributed by atoms with van der Waals surface area (Å²) in [6.07, 6.45) is 1.54. The Bertz CT molecular complexity index is 678. The van der Waals surface area contributed by atoms with Gasteiger partial charge in [-0.3, -0.25) is 9.59 Å². The average Bonchev–Trinajstić information content (AvgIpc) is 2.49. The molecule has 1 amide bonds. The number of carbonyl (C=O) groups is 1. The number of pyridine rings is 1. The molecule has 110 valence electrons. The van der Waals surface area contributed by atoms with Crippen LogP contribution in [0.25, 0.3) is 0 Å². The number of aryl methyl sites for hydroxylation is 1. The van der Waals surface area contributed by atoms with E-state index in [-0.39, 0.29) is 17.1 Å². The van der Waals surface area contributed by atoms with Gasteiger partial charge in [-0.05, 0) is 12.5 Å². The number of carbonyl (C=O) groups excluding carboxylic acids is 1. The molecule has 5 nitrogen and oxygen atoms in total. The molecule has 1 aromatic carbocycles. The molecule has 0 saturated heterocycles. The van der Waals surface area contributed by atoms with Crippen molar-refractivity contribution in [3.8, 4) is 5.75 Å². The minimum atomic E-state index is -0.301. The van der Waals surface area contributed by atoms with E-state index < -0.39 is 0 Å². The lowest BCUT2D eigenvalue weighted by Gasteiger charge is -2.11. The topological polar surface area (TPSA) is 60.3 Å². The Labute approximate surface area is 123 Å². The molecule has 0 unspecified atom stereocenters. The van der Waals surface area contributed by atoms with Gasteiger partial charge >= 0.3 is 0 Å². The first-order chi connectivity index (χ1) is 10.1. The summed E-state index contributed by atoms with van der Waals surface area (Å²) < 4.78 is 7.12. The second-order valence-corrected chi connectivity index (χ2v) is 4.63. The maximum Gasteiger partial charge on any atom is 0.268 e. The monoisotopic (exact) mass is 286 g/mol. The molecular weight excluding hydrogens is 268 g/mol. The summed E-state index contributed by atoms with van der Waals surface area (Å²) in [5.41, 5.74) is 0.992. The fraction of sp³-hybridized carbons (Fsp3) is 0.250. The molecule has 0 aliphatic heterocycles. The predicted octanol–water partition coefficient (Wildman–Crippen LogP) is 1.71. The van der Waals surface area contributed by atoms with Gasteiger partial charge < -0.3 is 14.6 Å². The van der Waals surface area contributed by atoms with Gasteiger partial charge in [0.05, 0.1) is 6.20 Å². The highest BCUT2D eigenvalue weighted by Gasteiger charge is 2.11. The van der Waals surface area contributed by atoms with Gasteiger partial charge in [-0.25, -0.2) is 0 Å². The van der Waals surface area contributed by atoms with E-state index in [1.165, 1.54) is 12.3 Å². The van der Waals surface area contributed by atoms with Crippen LogP contribution in [0.1, 0.15) is 23.0 Å². The molecule has 21 heavy (non-hydrogen) atoms. The quantitative estimate of drug-likeness (QED) is 0.910. The fourth-order valence-electron chi connectivity index (χ4n) is 1.93. The van der Waals surface area contributed by atoms with Crippen molar-refractivity contribution in [1.29, 1.82) is 0 Å². The van der Waals surface area contributed by atoms with Crippen molar-refractivity contribution in [2.24, 2.45) is 7.05 Å². The first-order valence-electron chi connectivity index (χ1n) is 6.77. The second kappa shape index (κ2) is 6.74. The number of nitrogens with one attached hydrogen (secondary N) is 1. The first-order valence-corrected chi connectivity index (χ1v) is 6.77. The molecule has 2 rings (SSSR count). The summed E-state index contributed by atoms with van der Waals surface area (Å²) in [4.78, 5) is 23.8. The van der Waals surface area contributed by atoms with Crippen LogP contribution in [0.4, 0.5) is 0 Å². The third-order valence-electron chi connectivity index (χ3n) is 3.01. The molecular formula is C16H18N2O3.